The molecule has 0 unspecified atom stereocenters. The number of nitrogens with zero attached hydrogens (tertiary/aromatic N) is 8. The number of aromatic nitrogens is 1. The molecule has 6 aliphatic heterocycles. The van der Waals surface area contributed by atoms with E-state index in [-0.39, 0.29) is 0 Å². The third-order valence-electron chi connectivity index (χ3n) is 29.7. The molecule has 6 aliphatic rings. The van der Waals surface area contributed by atoms with E-state index in [1.165, 1.54) is 112 Å². The van der Waals surface area contributed by atoms with Crippen molar-refractivity contribution in [2.75, 3.05) is 34.3 Å². The van der Waals surface area contributed by atoms with E-state index >= 15 is 0 Å². The fourth-order valence-electron chi connectivity index (χ4n) is 23.7. The van der Waals surface area contributed by atoms with Crippen LogP contribution in [0.25, 0.3) is 27.5 Å². The molecule has 149 heavy (non-hydrogen) atoms. The normalized spacial score (nSPS) is 12.5. The number of aryl methyl sites for hydroxylation is 3. The van der Waals surface area contributed by atoms with Crippen molar-refractivity contribution < 1.29 is 14.2 Å². The maximum absolute atomic E-state index is 7.47. The Kier molecular flexibility index (Phi) is 23.6. The van der Waals surface area contributed by atoms with E-state index in [1.807, 2.05) is 0 Å². The summed E-state index contributed by atoms with van der Waals surface area (Å²) < 4.78 is 36.0. The summed E-state index contributed by atoms with van der Waals surface area (Å²) >= 11 is -7.92. The summed E-state index contributed by atoms with van der Waals surface area (Å²) in [6.07, 6.45) is 0. The minimum absolute atomic E-state index is 0.924. The van der Waals surface area contributed by atoms with Crippen LogP contribution in [0.4, 0.5) is 119 Å². The largest absolute Gasteiger partial charge is 0.460 e. The predicted octanol–water partition coefficient (Wildman–Crippen LogP) is 30.2. The van der Waals surface area contributed by atoms with Crippen LogP contribution in [0.3, 0.4) is 0 Å². The average Bonchev–Trinajstić information content (AvgIpc) is 1.25. The summed E-state index contributed by atoms with van der Waals surface area (Å²) in [5.41, 5.74) is 31.1. The Bertz CT molecular complexity index is 8810. The van der Waals surface area contributed by atoms with E-state index in [0.29, 0.717) is 0 Å². The zero-order valence-electron chi connectivity index (χ0n) is 82.3. The van der Waals surface area contributed by atoms with Gasteiger partial charge < -0.3 is 14.2 Å². The molecule has 14 heteroatoms. The van der Waals surface area contributed by atoms with E-state index in [0.717, 1.165) is 120 Å². The van der Waals surface area contributed by atoms with Crippen molar-refractivity contribution >= 4 is 231 Å². The van der Waals surface area contributed by atoms with Crippen LogP contribution in [0, 0.1) is 20.8 Å². The molecule has 7 heterocycles. The molecule has 704 valence electrons. The topological polar surface area (TPSA) is 55.3 Å². The number of anilines is 21. The van der Waals surface area contributed by atoms with Gasteiger partial charge in [-0.05, 0) is 46.9 Å². The minimum atomic E-state index is -3.37. The van der Waals surface area contributed by atoms with Gasteiger partial charge in [0.15, 0.2) is 0 Å². The Morgan fingerprint density at radius 2 is 0.544 bits per heavy atom. The molecule has 0 fully saturated rings. The molecule has 0 spiro atoms. The maximum atomic E-state index is 7.47. The van der Waals surface area contributed by atoms with Crippen molar-refractivity contribution in [3.8, 4) is 40.2 Å². The Labute approximate surface area is 887 Å². The molecule has 0 atom stereocenters. The number of fused-ring (bicyclic) bond motifs is 15. The third-order valence-corrected chi connectivity index (χ3v) is 52.3. The van der Waals surface area contributed by atoms with Gasteiger partial charge in [0.2, 0.25) is 0 Å². The minimum Gasteiger partial charge on any atom is -0.460 e. The quantitative estimate of drug-likeness (QED) is 0.0875. The zero-order chi connectivity index (χ0) is 99.1. The van der Waals surface area contributed by atoms with Crippen molar-refractivity contribution in [3.63, 3.8) is 0 Å². The van der Waals surface area contributed by atoms with Gasteiger partial charge in [-0.25, -0.2) is 0 Å². The molecule has 0 saturated heterocycles. The second-order valence-electron chi connectivity index (χ2n) is 38.7. The fraction of sp³-hybridized carbons (Fsp3) is 0.0222. The van der Waals surface area contributed by atoms with Gasteiger partial charge in [0.1, 0.15) is 11.5 Å². The van der Waals surface area contributed by atoms with Crippen molar-refractivity contribution in [1.82, 2.24) is 4.57 Å². The van der Waals surface area contributed by atoms with Crippen LogP contribution in [0.15, 0.2) is 534 Å². The van der Waals surface area contributed by atoms with E-state index in [1.54, 1.807) is 0 Å². The van der Waals surface area contributed by atoms with Gasteiger partial charge in [0.25, 0.3) is 0 Å². The first kappa shape index (κ1) is 90.7. The Hall–Kier alpha value is -17.1. The Morgan fingerprint density at radius 3 is 1.03 bits per heavy atom. The van der Waals surface area contributed by atoms with Gasteiger partial charge in [-0.15, -0.1) is 0 Å². The molecule has 22 aromatic carbocycles. The molecule has 0 amide bonds. The number of para-hydroxylation sites is 16. The van der Waals surface area contributed by atoms with Crippen molar-refractivity contribution in [3.05, 3.63) is 551 Å². The van der Waals surface area contributed by atoms with Gasteiger partial charge in [-0.2, -0.15) is 0 Å². The van der Waals surface area contributed by atoms with Crippen LogP contribution in [0.1, 0.15) is 16.7 Å². The second kappa shape index (κ2) is 38.7. The van der Waals surface area contributed by atoms with Crippen molar-refractivity contribution in [1.29, 1.82) is 0 Å². The SMILES string of the molecule is Cc1cc(C)c(N2c3cc(N(c4ccccc4)c4ccccc4)cc[c]3[In]3[c]4ccc(N(c5ccccc5)c5ccccc5)cc4Oc4cc(N(c5ccccc5)c5ccccc5)cc2[c]43)c(C)c1.c1ccc(N(c2ccccc2)c2cc3[c]4c(c2)N(c2ccccc2)c2cccc[c]2[In]4[c]2ccccc2O3)cc1.c1ccc(N2c3cccc[c]3[Al]3[c]4ccccc4Oc4cc(-n5c6ccccc6c6ccccc65)cc2[c]43)cc1. The fourth-order valence-corrected chi connectivity index (χ4v) is 46.8. The average molecular weight is 2140 g/mol. The number of benzene rings is 22. The molecule has 0 bridgehead atoms. The van der Waals surface area contributed by atoms with Crippen LogP contribution >= 0.6 is 0 Å². The van der Waals surface area contributed by atoms with Crippen LogP contribution < -0.4 is 81.7 Å². The second-order valence-corrected chi connectivity index (χ2v) is 56.7. The molecule has 29 rings (SSSR count). The zero-order valence-corrected chi connectivity index (χ0v) is 90.1. The molecular weight excluding hydrogens is 2040 g/mol. The number of rotatable bonds is 16. The molecule has 0 N–H and O–H groups in total. The number of ether oxygens (including phenoxy) is 3. The number of hydrogen-bond acceptors (Lipinski definition) is 10. The van der Waals surface area contributed by atoms with Gasteiger partial charge in [-0.3, -0.25) is 0 Å². The maximum Gasteiger partial charge on any atom is 0.402 e. The van der Waals surface area contributed by atoms with Crippen molar-refractivity contribution in [2.45, 2.75) is 20.8 Å². The van der Waals surface area contributed by atoms with Crippen LogP contribution in [-0.2, 0) is 0 Å². The summed E-state index contributed by atoms with van der Waals surface area (Å²) in [5, 5.41) is 2.52. The smallest absolute Gasteiger partial charge is 0.402 e. The molecule has 0 aliphatic carbocycles. The number of hydrogen-bond donors (Lipinski definition) is 0. The summed E-state index contributed by atoms with van der Waals surface area (Å²) in [7, 11) is 0. The van der Waals surface area contributed by atoms with Crippen LogP contribution in [0.2, 0.25) is 0 Å². The van der Waals surface area contributed by atoms with Crippen molar-refractivity contribution in [2.24, 2.45) is 0 Å². The summed E-state index contributed by atoms with van der Waals surface area (Å²) in [5.74, 6) is 5.80. The first-order valence-corrected chi connectivity index (χ1v) is 62.7. The molecule has 0 saturated carbocycles. The summed E-state index contributed by atoms with van der Waals surface area (Å²) in [6.45, 7) is 6.74. The molecule has 1 aromatic heterocycles. The van der Waals surface area contributed by atoms with Gasteiger partial charge in [0, 0.05) is 33.9 Å². The van der Waals surface area contributed by atoms with Gasteiger partial charge in [0.05, 0.1) is 16.7 Å². The van der Waals surface area contributed by atoms with E-state index in [9.17, 15) is 0 Å². The Morgan fingerprint density at radius 1 is 0.208 bits per heavy atom. The molecular formula is C135H97AlIn2N8O3. The standard InChI is InChI=1S/C63H49N4O.C36H23N2O.C36H25N2O.Al.2In/c1-47-40-48(2)63(49(3)41-47)67(57-37-22-36-56(42-57)64(50-24-10-4-11-25-50)51-26-12-5-13-27-51)60-43-59(66(54-32-18-8-19-33-54)55-34-20-9-21-35-55)45-62(46-60)68-61-39-23-38-58(44-61)65(52-28-14-6-15-29-52)53-30-16-7-17-31-53;1-4-14-27(15-5-1)37(28-16-6-2-7-17-28)29-24-30(26-32(25-29)39-31-18-8-3-9-19-31)38-35-22-12-10-20-33(35)34-21-11-13-23-36(34)38;1-6-16-29(17-7-1)37(30-18-8-2-9-19-30)33-26-34(28-36(27-33)39-35-24-14-5-15-25-35)38(31-20-10-3-11-21-31)32-22-12-4-13-23-32;;;/h4-36,38,40-45H,1-3H3;1-16,18,20-24,26H;1-22,24,26-27H;;;. The summed E-state index contributed by atoms with van der Waals surface area (Å²) in [6, 6.07) is 192. The summed E-state index contributed by atoms with van der Waals surface area (Å²) in [4.78, 5) is 16.9. The molecule has 23 aromatic rings. The van der Waals surface area contributed by atoms with Crippen LogP contribution in [0.5, 0.6) is 34.5 Å². The van der Waals surface area contributed by atoms with Gasteiger partial charge >= 0.3 is 673 Å². The van der Waals surface area contributed by atoms with Crippen LogP contribution in [-0.4, -0.2) is 61.6 Å². The van der Waals surface area contributed by atoms with E-state index in [2.05, 4.69) is 593 Å². The first-order valence-electron chi connectivity index (χ1n) is 51.1. The molecule has 11 nitrogen and oxygen atoms in total. The van der Waals surface area contributed by atoms with Gasteiger partial charge in [-0.1, -0.05) is 99.8 Å². The monoisotopic (exact) mass is 2130 g/mol. The van der Waals surface area contributed by atoms with E-state index in [4.69, 9.17) is 14.2 Å². The predicted molar refractivity (Wildman–Crippen MR) is 624 cm³/mol. The first-order chi connectivity index (χ1) is 73.7. The molecule has 0 radical (unpaired) electrons. The van der Waals surface area contributed by atoms with E-state index < -0.39 is 57.0 Å². The Balaban J connectivity index is 0.000000117. The third kappa shape index (κ3) is 16.2.